The fourth-order valence-electron chi connectivity index (χ4n) is 1.53. The number of anilines is 1. The Labute approximate surface area is 104 Å². The van der Waals surface area contributed by atoms with Gasteiger partial charge in [0.15, 0.2) is 0 Å². The number of hydrogen-bond donors (Lipinski definition) is 2. The van der Waals surface area contributed by atoms with Crippen LogP contribution in [0.5, 0.6) is 0 Å². The van der Waals surface area contributed by atoms with Gasteiger partial charge in [-0.2, -0.15) is 0 Å². The third kappa shape index (κ3) is 2.64. The molecule has 0 aliphatic rings. The summed E-state index contributed by atoms with van der Waals surface area (Å²) in [7, 11) is 0. The summed E-state index contributed by atoms with van der Waals surface area (Å²) in [6.45, 7) is 6.11. The second-order valence-corrected chi connectivity index (χ2v) is 6.20. The van der Waals surface area contributed by atoms with Crippen LogP contribution >= 0.6 is 22.7 Å². The van der Waals surface area contributed by atoms with Gasteiger partial charge >= 0.3 is 0 Å². The Bertz CT molecular complexity index is 452. The highest BCUT2D eigenvalue weighted by atomic mass is 32.1. The number of rotatable bonds is 4. The monoisotopic (exact) mass is 252 g/mol. The van der Waals surface area contributed by atoms with Crippen LogP contribution in [0.1, 0.15) is 20.2 Å². The Hall–Kier alpha value is -0.840. The molecule has 0 radical (unpaired) electrons. The van der Waals surface area contributed by atoms with Crippen molar-refractivity contribution in [3.05, 3.63) is 37.7 Å². The van der Waals surface area contributed by atoms with Gasteiger partial charge in [0.05, 0.1) is 0 Å². The third-order valence-corrected chi connectivity index (χ3v) is 4.67. The van der Waals surface area contributed by atoms with E-state index in [0.29, 0.717) is 0 Å². The lowest BCUT2D eigenvalue weighted by Gasteiger charge is -2.01. The van der Waals surface area contributed by atoms with Gasteiger partial charge in [-0.25, -0.2) is 0 Å². The Morgan fingerprint density at radius 3 is 2.69 bits per heavy atom. The molecule has 16 heavy (non-hydrogen) atoms. The molecule has 0 atom stereocenters. The van der Waals surface area contributed by atoms with Crippen molar-refractivity contribution >= 4 is 28.4 Å². The second-order valence-electron chi connectivity index (χ2n) is 3.85. The molecule has 2 rings (SSSR count). The summed E-state index contributed by atoms with van der Waals surface area (Å²) in [5.74, 6) is 0. The van der Waals surface area contributed by atoms with Crippen LogP contribution in [0, 0.1) is 13.8 Å². The maximum atomic E-state index is 5.82. The van der Waals surface area contributed by atoms with Crippen LogP contribution in [-0.4, -0.2) is 0 Å². The minimum absolute atomic E-state index is 0.861. The molecule has 0 saturated heterocycles. The van der Waals surface area contributed by atoms with Crippen LogP contribution in [0.4, 0.5) is 5.69 Å². The molecule has 0 saturated carbocycles. The zero-order chi connectivity index (χ0) is 11.5. The standard InChI is InChI=1S/C12H16N2S2/c1-8-5-10(16-9(8)2)6-14-7-12-11(13)3-4-15-12/h3-5,14H,6-7,13H2,1-2H3. The number of hydrogen-bond acceptors (Lipinski definition) is 4. The van der Waals surface area contributed by atoms with E-state index in [1.165, 1.54) is 20.2 Å². The number of nitrogen functional groups attached to an aromatic ring is 1. The summed E-state index contributed by atoms with van der Waals surface area (Å²) in [5.41, 5.74) is 8.11. The van der Waals surface area contributed by atoms with Crippen LogP contribution in [-0.2, 0) is 13.1 Å². The highest BCUT2D eigenvalue weighted by molar-refractivity contribution is 7.12. The first-order valence-electron chi connectivity index (χ1n) is 5.25. The van der Waals surface area contributed by atoms with E-state index in [2.05, 4.69) is 25.2 Å². The highest BCUT2D eigenvalue weighted by Crippen LogP contribution is 2.21. The maximum absolute atomic E-state index is 5.82. The van der Waals surface area contributed by atoms with E-state index in [1.807, 2.05) is 22.8 Å². The molecule has 4 heteroatoms. The maximum Gasteiger partial charge on any atom is 0.0468 e. The van der Waals surface area contributed by atoms with Gasteiger partial charge in [0, 0.05) is 33.4 Å². The van der Waals surface area contributed by atoms with E-state index in [1.54, 1.807) is 11.3 Å². The molecule has 86 valence electrons. The van der Waals surface area contributed by atoms with Crippen molar-refractivity contribution < 1.29 is 0 Å². The predicted octanol–water partition coefficient (Wildman–Crippen LogP) is 3.30. The van der Waals surface area contributed by atoms with Crippen molar-refractivity contribution in [2.24, 2.45) is 0 Å². The van der Waals surface area contributed by atoms with Crippen molar-refractivity contribution in [1.82, 2.24) is 5.32 Å². The lowest BCUT2D eigenvalue weighted by atomic mass is 10.3. The van der Waals surface area contributed by atoms with Crippen molar-refractivity contribution in [2.75, 3.05) is 5.73 Å². The molecule has 0 amide bonds. The van der Waals surface area contributed by atoms with Gasteiger partial charge in [0.2, 0.25) is 0 Å². The van der Waals surface area contributed by atoms with Gasteiger partial charge in [-0.3, -0.25) is 0 Å². The summed E-state index contributed by atoms with van der Waals surface area (Å²) >= 11 is 3.57. The Morgan fingerprint density at radius 2 is 2.12 bits per heavy atom. The van der Waals surface area contributed by atoms with Crippen LogP contribution in [0.15, 0.2) is 17.5 Å². The minimum atomic E-state index is 0.861. The van der Waals surface area contributed by atoms with Crippen LogP contribution < -0.4 is 11.1 Å². The molecule has 0 fully saturated rings. The Morgan fingerprint density at radius 1 is 1.31 bits per heavy atom. The molecule has 0 aromatic carbocycles. The average Bonchev–Trinajstić information content (AvgIpc) is 2.76. The molecule has 2 heterocycles. The first kappa shape index (κ1) is 11.6. The first-order valence-corrected chi connectivity index (χ1v) is 6.95. The van der Waals surface area contributed by atoms with E-state index in [-0.39, 0.29) is 0 Å². The number of nitrogens with two attached hydrogens (primary N) is 1. The molecule has 2 aromatic rings. The number of nitrogens with one attached hydrogen (secondary N) is 1. The summed E-state index contributed by atoms with van der Waals surface area (Å²) < 4.78 is 0. The highest BCUT2D eigenvalue weighted by Gasteiger charge is 2.03. The SMILES string of the molecule is Cc1cc(CNCc2sccc2N)sc1C. The smallest absolute Gasteiger partial charge is 0.0468 e. The minimum Gasteiger partial charge on any atom is -0.398 e. The molecule has 0 unspecified atom stereocenters. The molecule has 2 aromatic heterocycles. The second kappa shape index (κ2) is 4.99. The summed E-state index contributed by atoms with van der Waals surface area (Å²) in [4.78, 5) is 4.03. The van der Waals surface area contributed by atoms with Gasteiger partial charge in [-0.1, -0.05) is 0 Å². The predicted molar refractivity (Wildman–Crippen MR) is 73.1 cm³/mol. The van der Waals surface area contributed by atoms with Gasteiger partial charge in [0.1, 0.15) is 0 Å². The van der Waals surface area contributed by atoms with Crippen molar-refractivity contribution in [3.63, 3.8) is 0 Å². The normalized spacial score (nSPS) is 10.9. The molecular formula is C12H16N2S2. The van der Waals surface area contributed by atoms with Crippen LogP contribution in [0.25, 0.3) is 0 Å². The van der Waals surface area contributed by atoms with E-state index < -0.39 is 0 Å². The topological polar surface area (TPSA) is 38.0 Å². The van der Waals surface area contributed by atoms with Crippen molar-refractivity contribution in [1.29, 1.82) is 0 Å². The molecule has 3 N–H and O–H groups in total. The summed E-state index contributed by atoms with van der Waals surface area (Å²) in [5, 5.41) is 5.46. The molecule has 2 nitrogen and oxygen atoms in total. The third-order valence-electron chi connectivity index (χ3n) is 2.58. The molecule has 0 bridgehead atoms. The molecule has 0 aliphatic carbocycles. The van der Waals surface area contributed by atoms with Crippen molar-refractivity contribution in [3.8, 4) is 0 Å². The molecular weight excluding hydrogens is 236 g/mol. The van der Waals surface area contributed by atoms with Gasteiger partial charge in [-0.05, 0) is 36.9 Å². The van der Waals surface area contributed by atoms with Crippen LogP contribution in [0.3, 0.4) is 0 Å². The van der Waals surface area contributed by atoms with E-state index in [0.717, 1.165) is 18.8 Å². The van der Waals surface area contributed by atoms with Crippen LogP contribution in [0.2, 0.25) is 0 Å². The average molecular weight is 252 g/mol. The van der Waals surface area contributed by atoms with Gasteiger partial charge in [0.25, 0.3) is 0 Å². The van der Waals surface area contributed by atoms with Gasteiger partial charge in [-0.15, -0.1) is 22.7 Å². The number of thiophene rings is 2. The fourth-order valence-corrected chi connectivity index (χ4v) is 3.32. The summed E-state index contributed by atoms with van der Waals surface area (Å²) in [6, 6.07) is 4.21. The first-order chi connectivity index (χ1) is 7.66. The van der Waals surface area contributed by atoms with E-state index >= 15 is 0 Å². The zero-order valence-corrected chi connectivity index (χ0v) is 11.2. The summed E-state index contributed by atoms with van der Waals surface area (Å²) in [6.07, 6.45) is 0. The lowest BCUT2D eigenvalue weighted by molar-refractivity contribution is 0.710. The molecule has 0 spiro atoms. The largest absolute Gasteiger partial charge is 0.398 e. The van der Waals surface area contributed by atoms with Gasteiger partial charge < -0.3 is 11.1 Å². The Balaban J connectivity index is 1.87. The van der Waals surface area contributed by atoms with E-state index in [4.69, 9.17) is 5.73 Å². The fraction of sp³-hybridized carbons (Fsp3) is 0.333. The zero-order valence-electron chi connectivity index (χ0n) is 9.54. The Kier molecular flexibility index (Phi) is 3.63. The van der Waals surface area contributed by atoms with Crippen molar-refractivity contribution in [2.45, 2.75) is 26.9 Å². The quantitative estimate of drug-likeness (QED) is 0.876. The molecule has 0 aliphatic heterocycles. The van der Waals surface area contributed by atoms with E-state index in [9.17, 15) is 0 Å². The lowest BCUT2D eigenvalue weighted by Crippen LogP contribution is -2.11. The number of aryl methyl sites for hydroxylation is 2.